The van der Waals surface area contributed by atoms with Gasteiger partial charge in [-0.1, -0.05) is 29.8 Å². The van der Waals surface area contributed by atoms with E-state index in [0.29, 0.717) is 15.6 Å². The molecule has 0 bridgehead atoms. The molecule has 0 aliphatic rings. The van der Waals surface area contributed by atoms with Gasteiger partial charge in [-0.15, -0.1) is 11.3 Å². The van der Waals surface area contributed by atoms with Crippen molar-refractivity contribution in [1.29, 1.82) is 0 Å². The average Bonchev–Trinajstić information content (AvgIpc) is 3.12. The number of halogens is 1. The maximum Gasteiger partial charge on any atom is 0.341 e. The Morgan fingerprint density at radius 1 is 1.20 bits per heavy atom. The molecule has 1 amide bonds. The van der Waals surface area contributed by atoms with Gasteiger partial charge in [-0.25, -0.2) is 4.79 Å². The van der Waals surface area contributed by atoms with Gasteiger partial charge in [0.1, 0.15) is 10.6 Å². The lowest BCUT2D eigenvalue weighted by atomic mass is 10.0. The van der Waals surface area contributed by atoms with Gasteiger partial charge >= 0.3 is 5.97 Å². The second kappa shape index (κ2) is 9.06. The predicted molar refractivity (Wildman–Crippen MR) is 117 cm³/mol. The van der Waals surface area contributed by atoms with Gasteiger partial charge in [0.25, 0.3) is 11.6 Å². The van der Waals surface area contributed by atoms with Gasteiger partial charge in [-0.3, -0.25) is 14.9 Å². The summed E-state index contributed by atoms with van der Waals surface area (Å²) in [6.45, 7) is 3.37. The minimum absolute atomic E-state index is 0.152. The van der Waals surface area contributed by atoms with Gasteiger partial charge in [0, 0.05) is 33.2 Å². The highest BCUT2D eigenvalue weighted by atomic mass is 35.5. The number of ether oxygens (including phenoxy) is 1. The smallest absolute Gasteiger partial charge is 0.341 e. The van der Waals surface area contributed by atoms with Crippen molar-refractivity contribution in [3.8, 4) is 11.1 Å². The van der Waals surface area contributed by atoms with Gasteiger partial charge in [0.05, 0.1) is 11.5 Å². The Morgan fingerprint density at radius 2 is 1.90 bits per heavy atom. The van der Waals surface area contributed by atoms with Crippen LogP contribution in [-0.4, -0.2) is 23.4 Å². The number of hydrogen-bond acceptors (Lipinski definition) is 6. The molecule has 9 heteroatoms. The zero-order valence-corrected chi connectivity index (χ0v) is 17.7. The normalized spacial score (nSPS) is 10.5. The number of esters is 1. The molecule has 0 aliphatic heterocycles. The van der Waals surface area contributed by atoms with Crippen molar-refractivity contribution >= 4 is 45.5 Å². The van der Waals surface area contributed by atoms with Gasteiger partial charge < -0.3 is 10.1 Å². The summed E-state index contributed by atoms with van der Waals surface area (Å²) >= 11 is 7.12. The SMILES string of the molecule is CCOC(=O)c1c(-c2ccc(Cl)cc2)csc1NC(=O)c1cccc([N+](=O)[O-])c1C. The number of nitrogens with zero attached hydrogens (tertiary/aromatic N) is 1. The minimum atomic E-state index is -0.574. The molecule has 7 nitrogen and oxygen atoms in total. The molecule has 0 unspecified atom stereocenters. The van der Waals surface area contributed by atoms with Gasteiger partial charge in [-0.05, 0) is 37.6 Å². The van der Waals surface area contributed by atoms with Crippen LogP contribution in [0.1, 0.15) is 33.2 Å². The lowest BCUT2D eigenvalue weighted by Crippen LogP contribution is -2.16. The van der Waals surface area contributed by atoms with Crippen LogP contribution in [0.4, 0.5) is 10.7 Å². The van der Waals surface area contributed by atoms with E-state index in [-0.39, 0.29) is 29.0 Å². The number of nitro groups is 1. The molecule has 0 saturated heterocycles. The van der Waals surface area contributed by atoms with Gasteiger partial charge in [0.15, 0.2) is 0 Å². The van der Waals surface area contributed by atoms with E-state index in [1.54, 1.807) is 36.6 Å². The molecule has 0 saturated carbocycles. The van der Waals surface area contributed by atoms with Crippen molar-refractivity contribution in [1.82, 2.24) is 0 Å². The first-order chi connectivity index (χ1) is 14.3. The van der Waals surface area contributed by atoms with E-state index in [1.165, 1.54) is 36.5 Å². The molecule has 0 spiro atoms. The van der Waals surface area contributed by atoms with Crippen LogP contribution in [0.25, 0.3) is 11.1 Å². The van der Waals surface area contributed by atoms with Crippen LogP contribution in [0.3, 0.4) is 0 Å². The van der Waals surface area contributed by atoms with Crippen molar-refractivity contribution < 1.29 is 19.2 Å². The zero-order chi connectivity index (χ0) is 21.8. The molecule has 0 fully saturated rings. The Hall–Kier alpha value is -3.23. The fourth-order valence-corrected chi connectivity index (χ4v) is 4.01. The Morgan fingerprint density at radius 3 is 2.53 bits per heavy atom. The summed E-state index contributed by atoms with van der Waals surface area (Å²) in [5.74, 6) is -1.12. The predicted octanol–water partition coefficient (Wildman–Crippen LogP) is 5.71. The lowest BCUT2D eigenvalue weighted by Gasteiger charge is -2.10. The molecule has 0 aliphatic carbocycles. The van der Waals surface area contributed by atoms with Crippen molar-refractivity contribution in [3.63, 3.8) is 0 Å². The second-order valence-electron chi connectivity index (χ2n) is 6.24. The number of rotatable bonds is 6. The number of carbonyl (C=O) groups is 2. The third-order valence-corrected chi connectivity index (χ3v) is 5.55. The standard InChI is InChI=1S/C21H17ClN2O5S/c1-3-29-21(26)18-16(13-7-9-14(22)10-8-13)11-30-20(18)23-19(25)15-5-4-6-17(12(15)2)24(27)28/h4-11H,3H2,1-2H3,(H,23,25). The summed E-state index contributed by atoms with van der Waals surface area (Å²) in [5, 5.41) is 16.5. The molecular weight excluding hydrogens is 428 g/mol. The largest absolute Gasteiger partial charge is 0.462 e. The molecule has 154 valence electrons. The number of carbonyl (C=O) groups excluding carboxylic acids is 2. The van der Waals surface area contributed by atoms with E-state index in [2.05, 4.69) is 5.32 Å². The van der Waals surface area contributed by atoms with Crippen LogP contribution in [0, 0.1) is 17.0 Å². The van der Waals surface area contributed by atoms with Crippen molar-refractivity contribution in [2.24, 2.45) is 0 Å². The van der Waals surface area contributed by atoms with E-state index in [4.69, 9.17) is 16.3 Å². The van der Waals surface area contributed by atoms with Gasteiger partial charge in [0.2, 0.25) is 0 Å². The van der Waals surface area contributed by atoms with Crippen LogP contribution < -0.4 is 5.32 Å². The quantitative estimate of drug-likeness (QED) is 0.298. The van der Waals surface area contributed by atoms with E-state index < -0.39 is 16.8 Å². The Bertz CT molecular complexity index is 1120. The van der Waals surface area contributed by atoms with Crippen LogP contribution in [0.2, 0.25) is 5.02 Å². The molecular formula is C21H17ClN2O5S. The maximum atomic E-state index is 12.8. The Labute approximate surface area is 181 Å². The summed E-state index contributed by atoms with van der Waals surface area (Å²) in [6, 6.07) is 11.2. The zero-order valence-electron chi connectivity index (χ0n) is 16.1. The summed E-state index contributed by atoms with van der Waals surface area (Å²) in [5.41, 5.74) is 1.81. The van der Waals surface area contributed by atoms with Crippen molar-refractivity contribution in [2.75, 3.05) is 11.9 Å². The average molecular weight is 445 g/mol. The van der Waals surface area contributed by atoms with E-state index >= 15 is 0 Å². The molecule has 0 radical (unpaired) electrons. The Balaban J connectivity index is 2.01. The number of amides is 1. The van der Waals surface area contributed by atoms with E-state index in [1.807, 2.05) is 0 Å². The van der Waals surface area contributed by atoms with Crippen molar-refractivity contribution in [3.05, 3.63) is 79.7 Å². The van der Waals surface area contributed by atoms with Crippen LogP contribution >= 0.6 is 22.9 Å². The molecule has 3 aromatic rings. The van der Waals surface area contributed by atoms with E-state index in [0.717, 1.165) is 5.56 Å². The molecule has 2 aromatic carbocycles. The van der Waals surface area contributed by atoms with Crippen LogP contribution in [0.15, 0.2) is 47.8 Å². The number of nitro benzene ring substituents is 1. The lowest BCUT2D eigenvalue weighted by molar-refractivity contribution is -0.385. The molecule has 1 N–H and O–H groups in total. The Kier molecular flexibility index (Phi) is 6.49. The highest BCUT2D eigenvalue weighted by Crippen LogP contribution is 2.37. The highest BCUT2D eigenvalue weighted by molar-refractivity contribution is 7.15. The number of thiophene rings is 1. The summed E-state index contributed by atoms with van der Waals surface area (Å²) in [6.07, 6.45) is 0. The monoisotopic (exact) mass is 444 g/mol. The number of hydrogen-bond donors (Lipinski definition) is 1. The first kappa shape index (κ1) is 21.5. The van der Waals surface area contributed by atoms with E-state index in [9.17, 15) is 19.7 Å². The first-order valence-corrected chi connectivity index (χ1v) is 10.2. The third kappa shape index (κ3) is 4.34. The van der Waals surface area contributed by atoms with Crippen LogP contribution in [0.5, 0.6) is 0 Å². The molecule has 1 aromatic heterocycles. The van der Waals surface area contributed by atoms with Gasteiger partial charge in [-0.2, -0.15) is 0 Å². The molecule has 3 rings (SSSR count). The topological polar surface area (TPSA) is 98.5 Å². The molecule has 30 heavy (non-hydrogen) atoms. The van der Waals surface area contributed by atoms with Crippen LogP contribution in [-0.2, 0) is 4.74 Å². The summed E-state index contributed by atoms with van der Waals surface area (Å²) in [7, 11) is 0. The number of benzene rings is 2. The second-order valence-corrected chi connectivity index (χ2v) is 7.56. The molecule has 0 atom stereocenters. The minimum Gasteiger partial charge on any atom is -0.462 e. The fourth-order valence-electron chi connectivity index (χ4n) is 2.94. The third-order valence-electron chi connectivity index (χ3n) is 4.40. The maximum absolute atomic E-state index is 12.8. The fraction of sp³-hybridized carbons (Fsp3) is 0.143. The first-order valence-electron chi connectivity index (χ1n) is 8.93. The van der Waals surface area contributed by atoms with Crippen molar-refractivity contribution in [2.45, 2.75) is 13.8 Å². The molecule has 1 heterocycles. The summed E-state index contributed by atoms with van der Waals surface area (Å²) < 4.78 is 5.18. The highest BCUT2D eigenvalue weighted by Gasteiger charge is 2.24. The number of anilines is 1. The summed E-state index contributed by atoms with van der Waals surface area (Å²) in [4.78, 5) is 36.1. The number of nitrogens with one attached hydrogen (secondary N) is 1.